The molecule has 0 fully saturated rings. The molecule has 0 spiro atoms. The van der Waals surface area contributed by atoms with Gasteiger partial charge in [0.25, 0.3) is 0 Å². The van der Waals surface area contributed by atoms with E-state index in [1.807, 2.05) is 6.07 Å². The molecule has 0 radical (unpaired) electrons. The first-order valence-electron chi connectivity index (χ1n) is 7.61. The molecule has 2 aromatic rings. The Balaban J connectivity index is 1.76. The van der Waals surface area contributed by atoms with E-state index in [0.29, 0.717) is 31.6 Å². The lowest BCUT2D eigenvalue weighted by Gasteiger charge is -2.08. The van der Waals surface area contributed by atoms with Gasteiger partial charge in [0.05, 0.1) is 11.9 Å². The highest BCUT2D eigenvalue weighted by molar-refractivity contribution is 5.90. The van der Waals surface area contributed by atoms with Gasteiger partial charge in [0.15, 0.2) is 0 Å². The number of nitrogens with zero attached hydrogens (tertiary/aromatic N) is 1. The number of nitrogens with one attached hydrogen (secondary N) is 2. The molecule has 0 saturated heterocycles. The molecule has 5 nitrogen and oxygen atoms in total. The summed E-state index contributed by atoms with van der Waals surface area (Å²) in [5.41, 5.74) is 7.09. The molecule has 6 heteroatoms. The van der Waals surface area contributed by atoms with Gasteiger partial charge in [-0.1, -0.05) is 12.1 Å². The summed E-state index contributed by atoms with van der Waals surface area (Å²) in [5, 5.41) is 5.96. The fraction of sp³-hybridized carbons (Fsp3) is 0.294. The predicted molar refractivity (Wildman–Crippen MR) is 89.7 cm³/mol. The monoisotopic (exact) mass is 316 g/mol. The lowest BCUT2D eigenvalue weighted by atomic mass is 10.1. The second-order valence-corrected chi connectivity index (χ2v) is 5.18. The van der Waals surface area contributed by atoms with Crippen LogP contribution >= 0.6 is 0 Å². The van der Waals surface area contributed by atoms with Gasteiger partial charge in [-0.3, -0.25) is 4.79 Å². The molecule has 0 aliphatic carbocycles. The lowest BCUT2D eigenvalue weighted by Crippen LogP contribution is -2.13. The van der Waals surface area contributed by atoms with E-state index in [1.165, 1.54) is 12.1 Å². The van der Waals surface area contributed by atoms with Crippen LogP contribution in [0.4, 0.5) is 15.9 Å². The molecule has 0 bridgehead atoms. The maximum absolute atomic E-state index is 12.8. The molecule has 1 amide bonds. The molecule has 0 atom stereocenters. The quantitative estimate of drug-likeness (QED) is 0.699. The van der Waals surface area contributed by atoms with E-state index in [9.17, 15) is 9.18 Å². The van der Waals surface area contributed by atoms with Gasteiger partial charge in [-0.15, -0.1) is 0 Å². The molecular weight excluding hydrogens is 295 g/mol. The minimum Gasteiger partial charge on any atom is -0.370 e. The van der Waals surface area contributed by atoms with E-state index >= 15 is 0 Å². The van der Waals surface area contributed by atoms with Crippen molar-refractivity contribution in [3.8, 4) is 0 Å². The van der Waals surface area contributed by atoms with Crippen molar-refractivity contribution >= 4 is 17.4 Å². The molecule has 1 heterocycles. The number of nitrogens with two attached hydrogens (primary N) is 1. The van der Waals surface area contributed by atoms with Gasteiger partial charge in [-0.2, -0.15) is 0 Å². The molecule has 0 saturated carbocycles. The van der Waals surface area contributed by atoms with Crippen molar-refractivity contribution < 1.29 is 9.18 Å². The highest BCUT2D eigenvalue weighted by Gasteiger charge is 2.02. The molecule has 2 rings (SSSR count). The van der Waals surface area contributed by atoms with Gasteiger partial charge in [0, 0.05) is 13.0 Å². The normalized spacial score (nSPS) is 10.3. The SMILES string of the molecule is NCCCC(=O)Nc1ccc(NCCc2ccc(F)cc2)nc1. The Morgan fingerprint density at radius 1 is 1.17 bits per heavy atom. The van der Waals surface area contributed by atoms with Crippen molar-refractivity contribution in [1.29, 1.82) is 0 Å². The smallest absolute Gasteiger partial charge is 0.224 e. The predicted octanol–water partition coefficient (Wildman–Crippen LogP) is 2.55. The third kappa shape index (κ3) is 6.04. The third-order valence-electron chi connectivity index (χ3n) is 3.29. The summed E-state index contributed by atoms with van der Waals surface area (Å²) in [7, 11) is 0. The second kappa shape index (κ2) is 8.85. The summed E-state index contributed by atoms with van der Waals surface area (Å²) in [6.45, 7) is 1.20. The fourth-order valence-corrected chi connectivity index (χ4v) is 2.04. The van der Waals surface area contributed by atoms with Crippen LogP contribution in [0.15, 0.2) is 42.6 Å². The van der Waals surface area contributed by atoms with Gasteiger partial charge in [0.1, 0.15) is 11.6 Å². The number of benzene rings is 1. The number of amides is 1. The molecule has 0 unspecified atom stereocenters. The average Bonchev–Trinajstić information content (AvgIpc) is 2.56. The number of carbonyl (C=O) groups is 1. The molecule has 0 aliphatic heterocycles. The maximum Gasteiger partial charge on any atom is 0.224 e. The molecule has 0 aliphatic rings. The molecular formula is C17H21FN4O. The Morgan fingerprint density at radius 3 is 2.61 bits per heavy atom. The zero-order valence-electron chi connectivity index (χ0n) is 12.9. The highest BCUT2D eigenvalue weighted by atomic mass is 19.1. The van der Waals surface area contributed by atoms with Crippen LogP contribution in [0.5, 0.6) is 0 Å². The molecule has 4 N–H and O–H groups in total. The van der Waals surface area contributed by atoms with E-state index in [0.717, 1.165) is 17.8 Å². The summed E-state index contributed by atoms with van der Waals surface area (Å²) in [5.74, 6) is 0.439. The summed E-state index contributed by atoms with van der Waals surface area (Å²) in [6.07, 6.45) is 3.47. The number of carbonyl (C=O) groups excluding carboxylic acids is 1. The highest BCUT2D eigenvalue weighted by Crippen LogP contribution is 2.11. The van der Waals surface area contributed by atoms with Crippen molar-refractivity contribution in [2.75, 3.05) is 23.7 Å². The van der Waals surface area contributed by atoms with Crippen LogP contribution in [0.25, 0.3) is 0 Å². The maximum atomic E-state index is 12.8. The van der Waals surface area contributed by atoms with Crippen LogP contribution in [0, 0.1) is 5.82 Å². The summed E-state index contributed by atoms with van der Waals surface area (Å²) >= 11 is 0. The Labute approximate surface area is 135 Å². The van der Waals surface area contributed by atoms with Crippen LogP contribution in [-0.2, 0) is 11.2 Å². The van der Waals surface area contributed by atoms with Crippen molar-refractivity contribution in [2.45, 2.75) is 19.3 Å². The summed E-state index contributed by atoms with van der Waals surface area (Å²) < 4.78 is 12.8. The Kier molecular flexibility index (Phi) is 6.50. The van der Waals surface area contributed by atoms with Crippen LogP contribution in [0.3, 0.4) is 0 Å². The van der Waals surface area contributed by atoms with Crippen molar-refractivity contribution in [3.63, 3.8) is 0 Å². The first-order valence-corrected chi connectivity index (χ1v) is 7.61. The minimum absolute atomic E-state index is 0.0609. The van der Waals surface area contributed by atoms with Crippen LogP contribution in [0.1, 0.15) is 18.4 Å². The van der Waals surface area contributed by atoms with E-state index in [4.69, 9.17) is 5.73 Å². The zero-order valence-corrected chi connectivity index (χ0v) is 12.9. The first-order chi connectivity index (χ1) is 11.2. The molecule has 122 valence electrons. The van der Waals surface area contributed by atoms with Crippen LogP contribution < -0.4 is 16.4 Å². The Morgan fingerprint density at radius 2 is 1.96 bits per heavy atom. The van der Waals surface area contributed by atoms with Crippen LogP contribution in [-0.4, -0.2) is 24.0 Å². The van der Waals surface area contributed by atoms with Crippen molar-refractivity contribution in [2.24, 2.45) is 5.73 Å². The third-order valence-corrected chi connectivity index (χ3v) is 3.29. The van der Waals surface area contributed by atoms with E-state index < -0.39 is 0 Å². The number of anilines is 2. The summed E-state index contributed by atoms with van der Waals surface area (Å²) in [6, 6.07) is 10.1. The number of rotatable bonds is 8. The summed E-state index contributed by atoms with van der Waals surface area (Å²) in [4.78, 5) is 15.8. The largest absolute Gasteiger partial charge is 0.370 e. The number of halogens is 1. The van der Waals surface area contributed by atoms with Gasteiger partial charge in [-0.25, -0.2) is 9.37 Å². The Bertz CT molecular complexity index is 613. The molecule has 1 aromatic carbocycles. The topological polar surface area (TPSA) is 80.0 Å². The second-order valence-electron chi connectivity index (χ2n) is 5.18. The minimum atomic E-state index is -0.229. The van der Waals surface area contributed by atoms with E-state index in [2.05, 4.69) is 15.6 Å². The Hall–Kier alpha value is -2.47. The van der Waals surface area contributed by atoms with Crippen LogP contribution in [0.2, 0.25) is 0 Å². The fourth-order valence-electron chi connectivity index (χ4n) is 2.04. The van der Waals surface area contributed by atoms with E-state index in [-0.39, 0.29) is 11.7 Å². The van der Waals surface area contributed by atoms with Crippen molar-refractivity contribution in [3.05, 3.63) is 54.0 Å². The standard InChI is InChI=1S/C17H21FN4O/c18-14-5-3-13(4-6-14)9-11-20-16-8-7-15(12-21-16)22-17(23)2-1-10-19/h3-8,12H,1-2,9-11,19H2,(H,20,21)(H,22,23). The van der Waals surface area contributed by atoms with Gasteiger partial charge >= 0.3 is 0 Å². The number of hydrogen-bond acceptors (Lipinski definition) is 4. The first kappa shape index (κ1) is 16.9. The number of pyridine rings is 1. The van der Waals surface area contributed by atoms with Gasteiger partial charge < -0.3 is 16.4 Å². The molecule has 23 heavy (non-hydrogen) atoms. The average molecular weight is 316 g/mol. The lowest BCUT2D eigenvalue weighted by molar-refractivity contribution is -0.116. The number of hydrogen-bond donors (Lipinski definition) is 3. The molecule has 1 aromatic heterocycles. The zero-order chi connectivity index (χ0) is 16.5. The van der Waals surface area contributed by atoms with E-state index in [1.54, 1.807) is 24.4 Å². The number of aromatic nitrogens is 1. The van der Waals surface area contributed by atoms with Gasteiger partial charge in [0.2, 0.25) is 5.91 Å². The van der Waals surface area contributed by atoms with Crippen molar-refractivity contribution in [1.82, 2.24) is 4.98 Å². The van der Waals surface area contributed by atoms with Gasteiger partial charge in [-0.05, 0) is 49.2 Å².